The summed E-state index contributed by atoms with van der Waals surface area (Å²) in [5.74, 6) is 1.42. The Bertz CT molecular complexity index is 198. The van der Waals surface area contributed by atoms with Crippen LogP contribution in [-0.2, 0) is 0 Å². The van der Waals surface area contributed by atoms with Crippen LogP contribution in [0.5, 0.6) is 0 Å². The molecule has 0 bridgehead atoms. The zero-order valence-electron chi connectivity index (χ0n) is 9.17. The van der Waals surface area contributed by atoms with Gasteiger partial charge in [-0.3, -0.25) is 4.99 Å². The van der Waals surface area contributed by atoms with Crippen molar-refractivity contribution < 1.29 is 0 Å². The van der Waals surface area contributed by atoms with Crippen molar-refractivity contribution in [2.75, 3.05) is 19.6 Å². The molecule has 2 aliphatic rings. The van der Waals surface area contributed by atoms with Gasteiger partial charge in [-0.2, -0.15) is 0 Å². The maximum Gasteiger partial charge on any atom is 0.0988 e. The van der Waals surface area contributed by atoms with Gasteiger partial charge >= 0.3 is 0 Å². The van der Waals surface area contributed by atoms with Crippen LogP contribution in [0.2, 0.25) is 0 Å². The molecule has 0 aliphatic carbocycles. The fraction of sp³-hybridized carbons (Fsp3) is 0.917. The average molecular weight is 194 g/mol. The van der Waals surface area contributed by atoms with Gasteiger partial charge in [-0.1, -0.05) is 19.3 Å². The Morgan fingerprint density at radius 2 is 1.50 bits per heavy atom. The lowest BCUT2D eigenvalue weighted by molar-refractivity contribution is 0.401. The minimum atomic E-state index is 1.08. The highest BCUT2D eigenvalue weighted by Crippen LogP contribution is 2.15. The van der Waals surface area contributed by atoms with Crippen LogP contribution in [0.25, 0.3) is 0 Å². The van der Waals surface area contributed by atoms with Crippen LogP contribution in [0.4, 0.5) is 0 Å². The number of fused-ring (bicyclic) bond motifs is 1. The Morgan fingerprint density at radius 1 is 0.786 bits per heavy atom. The Hall–Kier alpha value is -0.530. The van der Waals surface area contributed by atoms with Crippen LogP contribution in [0, 0.1) is 0 Å². The van der Waals surface area contributed by atoms with Gasteiger partial charge in [-0.05, 0) is 25.7 Å². The van der Waals surface area contributed by atoms with Gasteiger partial charge in [0.2, 0.25) is 0 Å². The van der Waals surface area contributed by atoms with E-state index in [1.807, 2.05) is 0 Å². The summed E-state index contributed by atoms with van der Waals surface area (Å²) >= 11 is 0. The third-order valence-corrected chi connectivity index (χ3v) is 3.32. The first kappa shape index (κ1) is 10.0. The van der Waals surface area contributed by atoms with Crippen LogP contribution < -0.4 is 0 Å². The van der Waals surface area contributed by atoms with Gasteiger partial charge < -0.3 is 4.90 Å². The van der Waals surface area contributed by atoms with Gasteiger partial charge in [0.05, 0.1) is 5.84 Å². The minimum absolute atomic E-state index is 1.08. The lowest BCUT2D eigenvalue weighted by atomic mass is 10.2. The third-order valence-electron chi connectivity index (χ3n) is 3.32. The van der Waals surface area contributed by atoms with E-state index in [-0.39, 0.29) is 0 Å². The minimum Gasteiger partial charge on any atom is -0.360 e. The molecule has 2 heteroatoms. The molecule has 0 unspecified atom stereocenters. The first-order valence-corrected chi connectivity index (χ1v) is 6.25. The molecule has 80 valence electrons. The van der Waals surface area contributed by atoms with Gasteiger partial charge in [0, 0.05) is 26.1 Å². The molecule has 2 nitrogen and oxygen atoms in total. The maximum atomic E-state index is 4.77. The van der Waals surface area contributed by atoms with Gasteiger partial charge in [-0.25, -0.2) is 0 Å². The monoisotopic (exact) mass is 194 g/mol. The molecule has 0 aromatic heterocycles. The van der Waals surface area contributed by atoms with Crippen molar-refractivity contribution >= 4 is 5.84 Å². The summed E-state index contributed by atoms with van der Waals surface area (Å²) < 4.78 is 0. The first-order chi connectivity index (χ1) is 6.97. The van der Waals surface area contributed by atoms with Crippen molar-refractivity contribution in [2.24, 2.45) is 4.99 Å². The second-order valence-corrected chi connectivity index (χ2v) is 4.51. The standard InChI is InChI=1S/C12H22N2/c1-2-6-10-14-11-7-3-4-8-12(14)13-9-5-1/h1-11H2/b13-12+. The molecule has 1 fully saturated rings. The van der Waals surface area contributed by atoms with Crippen LogP contribution in [0.3, 0.4) is 0 Å². The zero-order chi connectivity index (χ0) is 9.64. The van der Waals surface area contributed by atoms with E-state index < -0.39 is 0 Å². The van der Waals surface area contributed by atoms with E-state index in [4.69, 9.17) is 4.99 Å². The molecule has 0 radical (unpaired) electrons. The summed E-state index contributed by atoms with van der Waals surface area (Å²) in [6, 6.07) is 0. The predicted molar refractivity (Wildman–Crippen MR) is 60.8 cm³/mol. The SMILES string of the molecule is C1CCCN2CCCCC/C2=N\CC1. The summed E-state index contributed by atoms with van der Waals surface area (Å²) in [5.41, 5.74) is 0. The van der Waals surface area contributed by atoms with E-state index in [0.717, 1.165) is 6.54 Å². The van der Waals surface area contributed by atoms with Crippen LogP contribution in [0.15, 0.2) is 4.99 Å². The normalized spacial score (nSPS) is 28.9. The van der Waals surface area contributed by atoms with Gasteiger partial charge in [0.15, 0.2) is 0 Å². The Labute approximate surface area is 87.4 Å². The number of aliphatic imine (C=N–C) groups is 1. The van der Waals surface area contributed by atoms with Crippen molar-refractivity contribution in [1.82, 2.24) is 4.90 Å². The van der Waals surface area contributed by atoms with E-state index in [0.29, 0.717) is 0 Å². The van der Waals surface area contributed by atoms with Gasteiger partial charge in [-0.15, -0.1) is 0 Å². The number of hydrogen-bond acceptors (Lipinski definition) is 2. The van der Waals surface area contributed by atoms with E-state index in [2.05, 4.69) is 4.90 Å². The summed E-state index contributed by atoms with van der Waals surface area (Å²) in [4.78, 5) is 7.32. The van der Waals surface area contributed by atoms with Crippen molar-refractivity contribution in [1.29, 1.82) is 0 Å². The maximum absolute atomic E-state index is 4.77. The molecule has 0 amide bonds. The smallest absolute Gasteiger partial charge is 0.0988 e. The molecule has 0 N–H and O–H groups in total. The molecule has 2 aliphatic heterocycles. The summed E-state index contributed by atoms with van der Waals surface area (Å²) in [5, 5.41) is 0. The quantitative estimate of drug-likeness (QED) is 0.579. The molecule has 0 saturated carbocycles. The largest absolute Gasteiger partial charge is 0.360 e. The highest BCUT2D eigenvalue weighted by atomic mass is 15.2. The number of hydrogen-bond donors (Lipinski definition) is 0. The molecule has 2 rings (SSSR count). The Morgan fingerprint density at radius 3 is 2.36 bits per heavy atom. The van der Waals surface area contributed by atoms with E-state index in [1.165, 1.54) is 70.3 Å². The van der Waals surface area contributed by atoms with Crippen molar-refractivity contribution in [3.8, 4) is 0 Å². The topological polar surface area (TPSA) is 15.6 Å². The molecule has 1 saturated heterocycles. The average Bonchev–Trinajstić information content (AvgIpc) is 2.35. The summed E-state index contributed by atoms with van der Waals surface area (Å²) in [7, 11) is 0. The number of nitrogens with zero attached hydrogens (tertiary/aromatic N) is 2. The second-order valence-electron chi connectivity index (χ2n) is 4.51. The fourth-order valence-corrected chi connectivity index (χ4v) is 2.45. The highest BCUT2D eigenvalue weighted by Gasteiger charge is 2.14. The number of amidine groups is 1. The Kier molecular flexibility index (Phi) is 3.84. The number of rotatable bonds is 0. The molecule has 14 heavy (non-hydrogen) atoms. The predicted octanol–water partition coefficient (Wildman–Crippen LogP) is 2.83. The zero-order valence-corrected chi connectivity index (χ0v) is 9.17. The molecule has 0 atom stereocenters. The van der Waals surface area contributed by atoms with Crippen molar-refractivity contribution in [3.63, 3.8) is 0 Å². The second kappa shape index (κ2) is 5.38. The molecule has 0 spiro atoms. The third kappa shape index (κ3) is 2.73. The van der Waals surface area contributed by atoms with Crippen molar-refractivity contribution in [2.45, 2.75) is 51.4 Å². The van der Waals surface area contributed by atoms with Gasteiger partial charge in [0.1, 0.15) is 0 Å². The fourth-order valence-electron chi connectivity index (χ4n) is 2.45. The van der Waals surface area contributed by atoms with Gasteiger partial charge in [0.25, 0.3) is 0 Å². The lowest BCUT2D eigenvalue weighted by Crippen LogP contribution is -2.31. The first-order valence-electron chi connectivity index (χ1n) is 6.25. The van der Waals surface area contributed by atoms with E-state index in [9.17, 15) is 0 Å². The van der Waals surface area contributed by atoms with Crippen LogP contribution >= 0.6 is 0 Å². The highest BCUT2D eigenvalue weighted by molar-refractivity contribution is 5.82. The summed E-state index contributed by atoms with van der Waals surface area (Å²) in [6.45, 7) is 3.60. The summed E-state index contributed by atoms with van der Waals surface area (Å²) in [6.07, 6.45) is 10.8. The lowest BCUT2D eigenvalue weighted by Gasteiger charge is -2.23. The molecule has 2 heterocycles. The molecule has 0 aromatic carbocycles. The van der Waals surface area contributed by atoms with Crippen LogP contribution in [0.1, 0.15) is 51.4 Å². The van der Waals surface area contributed by atoms with Crippen molar-refractivity contribution in [3.05, 3.63) is 0 Å². The molecule has 0 aromatic rings. The van der Waals surface area contributed by atoms with Crippen LogP contribution in [-0.4, -0.2) is 30.4 Å². The Balaban J connectivity index is 2.01. The van der Waals surface area contributed by atoms with E-state index in [1.54, 1.807) is 0 Å². The molecular formula is C12H22N2. The van der Waals surface area contributed by atoms with E-state index >= 15 is 0 Å². The molecular weight excluding hydrogens is 172 g/mol.